The summed E-state index contributed by atoms with van der Waals surface area (Å²) < 4.78 is 36.1. The molecule has 0 saturated heterocycles. The summed E-state index contributed by atoms with van der Waals surface area (Å²) in [6.45, 7) is 1.12. The maximum absolute atomic E-state index is 14.0. The second-order valence-corrected chi connectivity index (χ2v) is 15.0. The minimum absolute atomic E-state index is 0.109. The first-order valence-corrected chi connectivity index (χ1v) is 20.9. The van der Waals surface area contributed by atoms with Crippen molar-refractivity contribution in [1.29, 1.82) is 0 Å². The Balaban J connectivity index is 1.00. The highest BCUT2D eigenvalue weighted by atomic mass is 16.6. The Morgan fingerprint density at radius 1 is 0.338 bits per heavy atom. The van der Waals surface area contributed by atoms with E-state index < -0.39 is 17.9 Å². The molecule has 0 fully saturated rings. The number of esters is 3. The zero-order chi connectivity index (χ0) is 44.4. The van der Waals surface area contributed by atoms with Crippen LogP contribution in [0.4, 0.5) is 0 Å². The van der Waals surface area contributed by atoms with Gasteiger partial charge < -0.3 is 28.4 Å². The van der Waals surface area contributed by atoms with Crippen LogP contribution in [0.2, 0.25) is 0 Å². The van der Waals surface area contributed by atoms with Crippen LogP contribution in [0, 0.1) is 0 Å². The second-order valence-electron chi connectivity index (χ2n) is 15.0. The van der Waals surface area contributed by atoms with Gasteiger partial charge in [0, 0.05) is 10.8 Å². The molecule has 65 heavy (non-hydrogen) atoms. The zero-order valence-electron chi connectivity index (χ0n) is 34.9. The molecule has 0 aromatic heterocycles. The minimum Gasteiger partial charge on any atom is -0.489 e. The maximum atomic E-state index is 14.0. The summed E-state index contributed by atoms with van der Waals surface area (Å²) in [6.07, 6.45) is 0. The number of carbonyl (C=O) groups excluding carboxylic acids is 3. The molecule has 0 aliphatic rings. The Bertz CT molecular complexity index is 3080. The number of rotatable bonds is 15. The van der Waals surface area contributed by atoms with Crippen molar-refractivity contribution in [2.24, 2.45) is 0 Å². The zero-order valence-corrected chi connectivity index (χ0v) is 34.9. The van der Waals surface area contributed by atoms with Crippen molar-refractivity contribution in [3.05, 3.63) is 240 Å². The van der Waals surface area contributed by atoms with Gasteiger partial charge in [-0.05, 0) is 113 Å². The number of benzene rings is 9. The molecule has 9 rings (SSSR count). The van der Waals surface area contributed by atoms with Gasteiger partial charge in [-0.1, -0.05) is 115 Å². The lowest BCUT2D eigenvalue weighted by Crippen LogP contribution is -2.12. The highest BCUT2D eigenvalue weighted by Crippen LogP contribution is 2.44. The molecule has 0 atom stereocenters. The van der Waals surface area contributed by atoms with Crippen LogP contribution in [0.15, 0.2) is 206 Å². The van der Waals surface area contributed by atoms with Crippen LogP contribution in [0.25, 0.3) is 21.5 Å². The number of hydrogen-bond acceptors (Lipinski definition) is 9. The van der Waals surface area contributed by atoms with Gasteiger partial charge >= 0.3 is 17.9 Å². The molecular formula is C56H40O9. The molecule has 0 N–H and O–H groups in total. The van der Waals surface area contributed by atoms with E-state index in [1.807, 2.05) is 91.0 Å². The Labute approximate surface area is 374 Å². The van der Waals surface area contributed by atoms with Gasteiger partial charge in [-0.15, -0.1) is 0 Å². The second kappa shape index (κ2) is 19.6. The summed E-state index contributed by atoms with van der Waals surface area (Å²) in [5, 5.41) is 1.84. The number of carbonyl (C=O) groups is 3. The average molecular weight is 857 g/mol. The van der Waals surface area contributed by atoms with E-state index in [4.69, 9.17) is 28.4 Å². The van der Waals surface area contributed by atoms with Gasteiger partial charge in [-0.3, -0.25) is 0 Å². The predicted molar refractivity (Wildman–Crippen MR) is 248 cm³/mol. The van der Waals surface area contributed by atoms with Crippen LogP contribution >= 0.6 is 0 Å². The van der Waals surface area contributed by atoms with Crippen LogP contribution in [-0.2, 0) is 19.8 Å². The Kier molecular flexibility index (Phi) is 12.5. The fourth-order valence-electron chi connectivity index (χ4n) is 7.13. The molecular weight excluding hydrogens is 817 g/mol. The van der Waals surface area contributed by atoms with E-state index in [1.165, 1.54) is 0 Å². The third-order valence-electron chi connectivity index (χ3n) is 10.5. The summed E-state index contributed by atoms with van der Waals surface area (Å²) in [6, 6.07) is 61.4. The van der Waals surface area contributed by atoms with Gasteiger partial charge in [0.1, 0.15) is 48.6 Å². The first-order valence-electron chi connectivity index (χ1n) is 20.9. The van der Waals surface area contributed by atoms with Crippen LogP contribution < -0.4 is 28.4 Å². The average Bonchev–Trinajstić information content (AvgIpc) is 3.36. The molecule has 9 nitrogen and oxygen atoms in total. The lowest BCUT2D eigenvalue weighted by molar-refractivity contribution is 0.0723. The van der Waals surface area contributed by atoms with Crippen molar-refractivity contribution >= 4 is 39.5 Å². The van der Waals surface area contributed by atoms with E-state index in [0.29, 0.717) is 64.2 Å². The Morgan fingerprint density at radius 3 is 1.17 bits per heavy atom. The van der Waals surface area contributed by atoms with Gasteiger partial charge in [0.15, 0.2) is 5.75 Å². The van der Waals surface area contributed by atoms with E-state index in [0.717, 1.165) is 16.7 Å². The topological polar surface area (TPSA) is 107 Å². The molecule has 9 aromatic rings. The predicted octanol–water partition coefficient (Wildman–Crippen LogP) is 12.4. The Morgan fingerprint density at radius 2 is 0.723 bits per heavy atom. The van der Waals surface area contributed by atoms with E-state index in [1.54, 1.807) is 115 Å². The standard InChI is InChI=1S/C56H40O9/c57-54(41-22-28-45(29-23-41)60-35-38-12-4-1-5-13-38)63-50-20-11-19-48-49(50)34-44-18-10-21-51(64-55(58)42-24-30-46(31-25-42)61-36-39-14-6-2-7-15-39)52(44)53(48)65-56(59)43-26-32-47(33-27-43)62-37-40-16-8-3-9-17-40/h1-34H,35-37H2. The van der Waals surface area contributed by atoms with E-state index >= 15 is 0 Å². The van der Waals surface area contributed by atoms with Crippen molar-refractivity contribution in [3.63, 3.8) is 0 Å². The monoisotopic (exact) mass is 856 g/mol. The molecule has 0 aliphatic heterocycles. The van der Waals surface area contributed by atoms with Crippen molar-refractivity contribution in [1.82, 2.24) is 0 Å². The van der Waals surface area contributed by atoms with Gasteiger partial charge in [0.25, 0.3) is 0 Å². The number of hydrogen-bond donors (Lipinski definition) is 0. The van der Waals surface area contributed by atoms with Crippen LogP contribution in [0.3, 0.4) is 0 Å². The molecule has 0 saturated carbocycles. The van der Waals surface area contributed by atoms with Crippen molar-refractivity contribution in [3.8, 4) is 34.5 Å². The first-order chi connectivity index (χ1) is 31.9. The van der Waals surface area contributed by atoms with Crippen molar-refractivity contribution < 1.29 is 42.8 Å². The molecule has 0 bridgehead atoms. The summed E-state index contributed by atoms with van der Waals surface area (Å²) >= 11 is 0. The van der Waals surface area contributed by atoms with Gasteiger partial charge in [0.05, 0.1) is 22.1 Å². The molecule has 0 radical (unpaired) electrons. The molecule has 9 aromatic carbocycles. The summed E-state index contributed by atoms with van der Waals surface area (Å²) in [4.78, 5) is 41.4. The van der Waals surface area contributed by atoms with E-state index in [9.17, 15) is 14.4 Å². The van der Waals surface area contributed by atoms with E-state index in [-0.39, 0.29) is 28.4 Å². The minimum atomic E-state index is -0.669. The van der Waals surface area contributed by atoms with Gasteiger partial charge in [-0.2, -0.15) is 0 Å². The smallest absolute Gasteiger partial charge is 0.343 e. The van der Waals surface area contributed by atoms with Crippen molar-refractivity contribution in [2.75, 3.05) is 0 Å². The van der Waals surface area contributed by atoms with Gasteiger partial charge in [0.2, 0.25) is 0 Å². The highest BCUT2D eigenvalue weighted by molar-refractivity contribution is 6.12. The molecule has 318 valence electrons. The molecule has 9 heteroatoms. The van der Waals surface area contributed by atoms with Crippen molar-refractivity contribution in [2.45, 2.75) is 19.8 Å². The third kappa shape index (κ3) is 10.2. The highest BCUT2D eigenvalue weighted by Gasteiger charge is 2.22. The molecule has 0 amide bonds. The number of fused-ring (bicyclic) bond motifs is 2. The summed E-state index contributed by atoms with van der Waals surface area (Å²) in [5.41, 5.74) is 3.89. The summed E-state index contributed by atoms with van der Waals surface area (Å²) in [7, 11) is 0. The largest absolute Gasteiger partial charge is 0.489 e. The molecule has 0 unspecified atom stereocenters. The Hall–Kier alpha value is -8.69. The lowest BCUT2D eigenvalue weighted by Gasteiger charge is -2.17. The third-order valence-corrected chi connectivity index (χ3v) is 10.5. The van der Waals surface area contributed by atoms with Gasteiger partial charge in [-0.25, -0.2) is 14.4 Å². The molecule has 0 heterocycles. The molecule has 0 spiro atoms. The fraction of sp³-hybridized carbons (Fsp3) is 0.0536. The van der Waals surface area contributed by atoms with E-state index in [2.05, 4.69) is 0 Å². The SMILES string of the molecule is O=C(Oc1cccc2c(OC(=O)c3ccc(OCc4ccccc4)cc3)c3c(OC(=O)c4ccc(OCc5ccccc5)cc4)cccc3cc12)c1ccc(OCc2ccccc2)cc1. The quantitative estimate of drug-likeness (QED) is 0.0566. The normalized spacial score (nSPS) is 10.8. The van der Waals surface area contributed by atoms with Crippen LogP contribution in [-0.4, -0.2) is 17.9 Å². The molecule has 0 aliphatic carbocycles. The van der Waals surface area contributed by atoms with Crippen LogP contribution in [0.5, 0.6) is 34.5 Å². The number of ether oxygens (including phenoxy) is 6. The fourth-order valence-corrected chi connectivity index (χ4v) is 7.13. The van der Waals surface area contributed by atoms with Crippen LogP contribution in [0.1, 0.15) is 47.8 Å². The first kappa shape index (κ1) is 41.7. The maximum Gasteiger partial charge on any atom is 0.343 e. The summed E-state index contributed by atoms with van der Waals surface area (Å²) in [5.74, 6) is 0.366. The lowest BCUT2D eigenvalue weighted by atomic mass is 10.0.